The highest BCUT2D eigenvalue weighted by Crippen LogP contribution is 2.20. The summed E-state index contributed by atoms with van der Waals surface area (Å²) in [6, 6.07) is 4.65. The van der Waals surface area contributed by atoms with Crippen LogP contribution in [0.1, 0.15) is 42.9 Å². The van der Waals surface area contributed by atoms with Crippen LogP contribution in [0.4, 0.5) is 21.1 Å². The number of alkyl carbamates (subject to hydrolysis) is 1. The van der Waals surface area contributed by atoms with Crippen molar-refractivity contribution in [3.8, 4) is 0 Å². The molecule has 32 heavy (non-hydrogen) atoms. The summed E-state index contributed by atoms with van der Waals surface area (Å²) in [5.41, 5.74) is 1.43. The van der Waals surface area contributed by atoms with Gasteiger partial charge in [0.1, 0.15) is 0 Å². The number of hydrogen-bond acceptors (Lipinski definition) is 5. The highest BCUT2D eigenvalue weighted by atomic mass is 35.5. The second-order valence-corrected chi connectivity index (χ2v) is 7.37. The number of carbonyl (C=O) groups excluding carboxylic acids is 3. The average Bonchev–Trinajstić information content (AvgIpc) is 3.14. The lowest BCUT2D eigenvalue weighted by Gasteiger charge is -2.08. The molecular formula is C21H29ClN6O4. The predicted molar refractivity (Wildman–Crippen MR) is 123 cm³/mol. The molecule has 0 fully saturated rings. The van der Waals surface area contributed by atoms with Crippen LogP contribution >= 0.6 is 11.6 Å². The molecule has 0 bridgehead atoms. The van der Waals surface area contributed by atoms with Crippen LogP contribution in [-0.4, -0.2) is 47.3 Å². The first kappa shape index (κ1) is 25.0. The lowest BCUT2D eigenvalue weighted by atomic mass is 10.2. The number of unbranched alkanes of at least 4 members (excludes halogenated alkanes) is 1. The summed E-state index contributed by atoms with van der Waals surface area (Å²) in [5.74, 6) is 0.0151. The summed E-state index contributed by atoms with van der Waals surface area (Å²) < 4.78 is 6.46. The minimum absolute atomic E-state index is 0.174. The van der Waals surface area contributed by atoms with Gasteiger partial charge in [-0.3, -0.25) is 10.1 Å². The molecule has 1 heterocycles. The van der Waals surface area contributed by atoms with E-state index in [9.17, 15) is 14.4 Å². The van der Waals surface area contributed by atoms with E-state index in [1.165, 1.54) is 0 Å². The first-order valence-corrected chi connectivity index (χ1v) is 10.8. The number of aromatic nitrogens is 2. The highest BCUT2D eigenvalue weighted by molar-refractivity contribution is 6.30. The average molecular weight is 465 g/mol. The van der Waals surface area contributed by atoms with Crippen molar-refractivity contribution < 1.29 is 19.1 Å². The van der Waals surface area contributed by atoms with E-state index in [1.54, 1.807) is 35.9 Å². The van der Waals surface area contributed by atoms with Gasteiger partial charge in [0, 0.05) is 36.5 Å². The molecule has 0 aliphatic heterocycles. The molecule has 1 aromatic heterocycles. The third-order valence-electron chi connectivity index (χ3n) is 4.37. The molecule has 0 atom stereocenters. The molecule has 11 heteroatoms. The SMILES string of the molecule is CCCCn1cc(NC(=O)Nc2ccc(Cl)cc2C)nc1C(=O)NCCNC(=O)OCC. The van der Waals surface area contributed by atoms with Gasteiger partial charge in [-0.15, -0.1) is 0 Å². The quantitative estimate of drug-likeness (QED) is 0.398. The molecule has 4 N–H and O–H groups in total. The number of ether oxygens (including phenoxy) is 1. The van der Waals surface area contributed by atoms with Crippen LogP contribution in [0.5, 0.6) is 0 Å². The van der Waals surface area contributed by atoms with Gasteiger partial charge in [0.25, 0.3) is 5.91 Å². The summed E-state index contributed by atoms with van der Waals surface area (Å²) in [6.45, 7) is 6.85. The number of rotatable bonds is 10. The minimum Gasteiger partial charge on any atom is -0.450 e. The minimum atomic E-state index is -0.542. The fourth-order valence-electron chi connectivity index (χ4n) is 2.80. The van der Waals surface area contributed by atoms with Gasteiger partial charge in [0.05, 0.1) is 6.61 Å². The maximum absolute atomic E-state index is 12.6. The molecule has 0 unspecified atom stereocenters. The van der Waals surface area contributed by atoms with Gasteiger partial charge in [-0.2, -0.15) is 0 Å². The molecule has 174 valence electrons. The number of nitrogens with zero attached hydrogens (tertiary/aromatic N) is 2. The molecule has 4 amide bonds. The van der Waals surface area contributed by atoms with Gasteiger partial charge >= 0.3 is 12.1 Å². The van der Waals surface area contributed by atoms with Crippen LogP contribution in [0.3, 0.4) is 0 Å². The van der Waals surface area contributed by atoms with E-state index >= 15 is 0 Å². The Labute approximate surface area is 192 Å². The lowest BCUT2D eigenvalue weighted by molar-refractivity contribution is 0.0937. The van der Waals surface area contributed by atoms with Crippen molar-refractivity contribution in [1.82, 2.24) is 20.2 Å². The van der Waals surface area contributed by atoms with Crippen LogP contribution in [0.25, 0.3) is 0 Å². The number of hydrogen-bond donors (Lipinski definition) is 4. The van der Waals surface area contributed by atoms with Crippen molar-refractivity contribution in [3.05, 3.63) is 40.8 Å². The van der Waals surface area contributed by atoms with E-state index in [4.69, 9.17) is 16.3 Å². The van der Waals surface area contributed by atoms with Crippen LogP contribution in [0.15, 0.2) is 24.4 Å². The van der Waals surface area contributed by atoms with Gasteiger partial charge < -0.3 is 25.3 Å². The monoisotopic (exact) mass is 464 g/mol. The van der Waals surface area contributed by atoms with E-state index in [1.807, 2.05) is 13.8 Å². The van der Waals surface area contributed by atoms with Crippen LogP contribution in [0.2, 0.25) is 5.02 Å². The Bertz CT molecular complexity index is 946. The van der Waals surface area contributed by atoms with Gasteiger partial charge in [0.15, 0.2) is 5.82 Å². The van der Waals surface area contributed by atoms with E-state index in [0.717, 1.165) is 18.4 Å². The maximum atomic E-state index is 12.6. The topological polar surface area (TPSA) is 126 Å². The van der Waals surface area contributed by atoms with Gasteiger partial charge in [-0.1, -0.05) is 24.9 Å². The van der Waals surface area contributed by atoms with Gasteiger partial charge in [-0.05, 0) is 44.0 Å². The summed E-state index contributed by atoms with van der Waals surface area (Å²) in [7, 11) is 0. The maximum Gasteiger partial charge on any atom is 0.407 e. The third-order valence-corrected chi connectivity index (χ3v) is 4.60. The number of carbonyl (C=O) groups is 3. The molecule has 0 saturated heterocycles. The number of nitrogens with one attached hydrogen (secondary N) is 4. The van der Waals surface area contributed by atoms with Crippen molar-refractivity contribution in [2.75, 3.05) is 30.3 Å². The summed E-state index contributed by atoms with van der Waals surface area (Å²) >= 11 is 5.94. The van der Waals surface area contributed by atoms with Crippen molar-refractivity contribution >= 4 is 41.1 Å². The summed E-state index contributed by atoms with van der Waals surface area (Å²) in [5, 5.41) is 11.2. The molecule has 0 aliphatic rings. The molecule has 0 radical (unpaired) electrons. The van der Waals surface area contributed by atoms with Crippen LogP contribution < -0.4 is 21.3 Å². The van der Waals surface area contributed by atoms with Crippen LogP contribution in [-0.2, 0) is 11.3 Å². The van der Waals surface area contributed by atoms with E-state index in [-0.39, 0.29) is 31.3 Å². The molecule has 0 saturated carbocycles. The van der Waals surface area contributed by atoms with Crippen LogP contribution in [0, 0.1) is 6.92 Å². The predicted octanol–water partition coefficient (Wildman–Crippen LogP) is 3.76. The Balaban J connectivity index is 2.00. The number of anilines is 2. The molecule has 0 aliphatic carbocycles. The molecular weight excluding hydrogens is 436 g/mol. The lowest BCUT2D eigenvalue weighted by Crippen LogP contribution is -2.36. The Kier molecular flexibility index (Phi) is 9.80. The molecule has 2 rings (SSSR count). The number of halogens is 1. The zero-order valence-corrected chi connectivity index (χ0v) is 19.2. The largest absolute Gasteiger partial charge is 0.450 e. The zero-order valence-electron chi connectivity index (χ0n) is 18.5. The second kappa shape index (κ2) is 12.6. The number of benzene rings is 1. The molecule has 1 aromatic carbocycles. The van der Waals surface area contributed by atoms with E-state index < -0.39 is 18.0 Å². The third kappa shape index (κ3) is 7.77. The number of urea groups is 1. The van der Waals surface area contributed by atoms with Crippen molar-refractivity contribution in [2.45, 2.75) is 40.2 Å². The summed E-state index contributed by atoms with van der Waals surface area (Å²) in [4.78, 5) is 40.5. The number of imidazole rings is 1. The van der Waals surface area contributed by atoms with E-state index in [0.29, 0.717) is 17.3 Å². The molecule has 2 aromatic rings. The molecule has 10 nitrogen and oxygen atoms in total. The normalized spacial score (nSPS) is 10.4. The fourth-order valence-corrected chi connectivity index (χ4v) is 3.02. The number of amides is 4. The van der Waals surface area contributed by atoms with Crippen molar-refractivity contribution in [2.24, 2.45) is 0 Å². The van der Waals surface area contributed by atoms with Gasteiger partial charge in [-0.25, -0.2) is 14.6 Å². The Morgan fingerprint density at radius 2 is 1.88 bits per heavy atom. The van der Waals surface area contributed by atoms with Gasteiger partial charge in [0.2, 0.25) is 5.82 Å². The highest BCUT2D eigenvalue weighted by Gasteiger charge is 2.17. The first-order chi connectivity index (χ1) is 15.3. The standard InChI is InChI=1S/C21H29ClN6O4/c1-4-6-11-28-13-17(27-20(30)25-16-8-7-15(22)12-14(16)3)26-18(28)19(29)23-9-10-24-21(31)32-5-2/h7-8,12-13H,4-6,9-11H2,1-3H3,(H,23,29)(H,24,31)(H2,25,27,30). The summed E-state index contributed by atoms with van der Waals surface area (Å²) in [6.07, 6.45) is 2.85. The second-order valence-electron chi connectivity index (χ2n) is 6.94. The smallest absolute Gasteiger partial charge is 0.407 e. The number of aryl methyl sites for hydroxylation is 2. The molecule has 0 spiro atoms. The first-order valence-electron chi connectivity index (χ1n) is 10.4. The fraction of sp³-hybridized carbons (Fsp3) is 0.429. The zero-order chi connectivity index (χ0) is 23.5. The van der Waals surface area contributed by atoms with Crippen molar-refractivity contribution in [1.29, 1.82) is 0 Å². The Morgan fingerprint density at radius 1 is 1.12 bits per heavy atom. The Morgan fingerprint density at radius 3 is 2.56 bits per heavy atom. The van der Waals surface area contributed by atoms with Crippen molar-refractivity contribution in [3.63, 3.8) is 0 Å². The Hall–Kier alpha value is -3.27. The van der Waals surface area contributed by atoms with E-state index in [2.05, 4.69) is 26.3 Å².